The third kappa shape index (κ3) is 6.75. The van der Waals surface area contributed by atoms with Gasteiger partial charge < -0.3 is 9.80 Å². The van der Waals surface area contributed by atoms with Gasteiger partial charge >= 0.3 is 0 Å². The van der Waals surface area contributed by atoms with Gasteiger partial charge in [0.15, 0.2) is 0 Å². The highest BCUT2D eigenvalue weighted by Crippen LogP contribution is 2.27. The summed E-state index contributed by atoms with van der Waals surface area (Å²) in [6.07, 6.45) is 4.52. The van der Waals surface area contributed by atoms with Crippen LogP contribution in [0.1, 0.15) is 43.3 Å². The van der Waals surface area contributed by atoms with Crippen molar-refractivity contribution in [2.24, 2.45) is 0 Å². The maximum Gasteiger partial charge on any atom is 0.269 e. The number of amides is 1. The number of non-ortho nitro benzene ring substituents is 1. The maximum absolute atomic E-state index is 13.9. The van der Waals surface area contributed by atoms with Crippen LogP contribution in [0.3, 0.4) is 0 Å². The van der Waals surface area contributed by atoms with Crippen LogP contribution in [0.2, 0.25) is 0 Å². The number of aryl methyl sites for hydroxylation is 1. The van der Waals surface area contributed by atoms with Crippen molar-refractivity contribution >= 4 is 28.6 Å². The summed E-state index contributed by atoms with van der Waals surface area (Å²) in [5.74, 6) is 0.253. The van der Waals surface area contributed by atoms with Crippen molar-refractivity contribution in [3.8, 4) is 5.69 Å². The molecule has 9 nitrogen and oxygen atoms in total. The molecule has 3 aromatic carbocycles. The number of carbonyl (C=O) groups is 1. The predicted octanol–water partition coefficient (Wildman–Crippen LogP) is 5.41. The zero-order valence-electron chi connectivity index (χ0n) is 23.9. The lowest BCUT2D eigenvalue weighted by molar-refractivity contribution is -0.384. The number of para-hydroxylation sites is 1. The molecule has 1 aromatic heterocycles. The number of likely N-dealkylation sites (N-methyl/N-ethyl adjacent to an activating group) is 1. The smallest absolute Gasteiger partial charge is 0.269 e. The average Bonchev–Trinajstić information content (AvgIpc) is 2.98. The summed E-state index contributed by atoms with van der Waals surface area (Å²) in [5, 5.41) is 11.5. The fourth-order valence-electron chi connectivity index (χ4n) is 4.74. The van der Waals surface area contributed by atoms with Crippen LogP contribution in [0.25, 0.3) is 22.7 Å². The second-order valence-electron chi connectivity index (χ2n) is 10.1. The third-order valence-electron chi connectivity index (χ3n) is 7.06. The zero-order valence-corrected chi connectivity index (χ0v) is 23.9. The molecule has 0 saturated heterocycles. The molecule has 4 rings (SSSR count). The van der Waals surface area contributed by atoms with Crippen molar-refractivity contribution in [3.05, 3.63) is 116 Å². The summed E-state index contributed by atoms with van der Waals surface area (Å²) < 4.78 is 1.63. The fourth-order valence-corrected chi connectivity index (χ4v) is 4.74. The molecule has 0 fully saturated rings. The van der Waals surface area contributed by atoms with E-state index in [2.05, 4.69) is 6.92 Å². The van der Waals surface area contributed by atoms with Crippen molar-refractivity contribution in [3.63, 3.8) is 0 Å². The van der Waals surface area contributed by atoms with Crippen LogP contribution in [0, 0.1) is 10.1 Å². The standard InChI is InChI=1S/C32H35N5O4/c1-5-23-11-16-25(17-12-23)36-31(33-28-10-8-7-9-27(28)32(36)39)29(6-2)35(22-21-34(3)4)30(38)20-15-24-13-18-26(19-14-24)37(40)41/h7-20,29H,5-6,21-22H2,1-4H3. The number of fused-ring (bicyclic) bond motifs is 1. The molecule has 0 radical (unpaired) electrons. The monoisotopic (exact) mass is 553 g/mol. The number of benzene rings is 3. The third-order valence-corrected chi connectivity index (χ3v) is 7.06. The molecule has 0 N–H and O–H groups in total. The first-order chi connectivity index (χ1) is 19.7. The summed E-state index contributed by atoms with van der Waals surface area (Å²) >= 11 is 0. The van der Waals surface area contributed by atoms with E-state index in [1.807, 2.05) is 68.4 Å². The van der Waals surface area contributed by atoms with Crippen LogP contribution in [0.5, 0.6) is 0 Å². The Balaban J connectivity index is 1.81. The number of hydrogen-bond donors (Lipinski definition) is 0. The summed E-state index contributed by atoms with van der Waals surface area (Å²) in [6, 6.07) is 20.6. The van der Waals surface area contributed by atoms with Gasteiger partial charge in [0.25, 0.3) is 11.2 Å². The number of carbonyl (C=O) groups excluding carboxylic acids is 1. The number of nitro groups is 1. The van der Waals surface area contributed by atoms with Crippen molar-refractivity contribution in [1.82, 2.24) is 19.4 Å². The molecule has 0 aliphatic carbocycles. The van der Waals surface area contributed by atoms with E-state index < -0.39 is 11.0 Å². The topological polar surface area (TPSA) is 102 Å². The van der Waals surface area contributed by atoms with Gasteiger partial charge in [-0.25, -0.2) is 4.98 Å². The van der Waals surface area contributed by atoms with Crippen molar-refractivity contribution < 1.29 is 9.72 Å². The number of rotatable bonds is 11. The predicted molar refractivity (Wildman–Crippen MR) is 162 cm³/mol. The number of nitro benzene ring substituents is 1. The lowest BCUT2D eigenvalue weighted by atomic mass is 10.1. The van der Waals surface area contributed by atoms with Gasteiger partial charge in [0, 0.05) is 31.3 Å². The summed E-state index contributed by atoms with van der Waals surface area (Å²) in [5.41, 5.74) is 2.90. The lowest BCUT2D eigenvalue weighted by Crippen LogP contribution is -2.41. The molecule has 0 aliphatic heterocycles. The molecule has 0 saturated carbocycles. The molecular weight excluding hydrogens is 518 g/mol. The Hall–Kier alpha value is -4.63. The van der Waals surface area contributed by atoms with Gasteiger partial charge in [-0.15, -0.1) is 0 Å². The highest BCUT2D eigenvalue weighted by molar-refractivity contribution is 5.92. The van der Waals surface area contributed by atoms with Crippen LogP contribution >= 0.6 is 0 Å². The molecule has 212 valence electrons. The first kappa shape index (κ1) is 29.4. The minimum absolute atomic E-state index is 0.0144. The Morgan fingerprint density at radius 3 is 2.29 bits per heavy atom. The first-order valence-corrected chi connectivity index (χ1v) is 13.7. The van der Waals surface area contributed by atoms with E-state index in [1.54, 1.807) is 33.7 Å². The molecule has 1 unspecified atom stereocenters. The quantitative estimate of drug-likeness (QED) is 0.140. The van der Waals surface area contributed by atoms with Gasteiger partial charge in [-0.2, -0.15) is 0 Å². The number of nitrogens with zero attached hydrogens (tertiary/aromatic N) is 5. The Morgan fingerprint density at radius 2 is 1.68 bits per heavy atom. The maximum atomic E-state index is 13.9. The second-order valence-corrected chi connectivity index (χ2v) is 10.1. The SMILES string of the molecule is CCc1ccc(-n2c(C(CC)N(CCN(C)C)C(=O)C=Cc3ccc([N+](=O)[O-])cc3)nc3ccccc3c2=O)cc1. The van der Waals surface area contributed by atoms with Gasteiger partial charge in [0.1, 0.15) is 5.82 Å². The highest BCUT2D eigenvalue weighted by Gasteiger charge is 2.28. The Morgan fingerprint density at radius 1 is 1.00 bits per heavy atom. The van der Waals surface area contributed by atoms with E-state index in [4.69, 9.17) is 4.98 Å². The van der Waals surface area contributed by atoms with E-state index in [0.717, 1.165) is 12.0 Å². The van der Waals surface area contributed by atoms with Crippen LogP contribution in [-0.2, 0) is 11.2 Å². The fraction of sp³-hybridized carbons (Fsp3) is 0.281. The molecule has 1 atom stereocenters. The number of hydrogen-bond acceptors (Lipinski definition) is 6. The van der Waals surface area contributed by atoms with E-state index in [9.17, 15) is 19.7 Å². The largest absolute Gasteiger partial charge is 0.328 e. The van der Waals surface area contributed by atoms with E-state index in [0.29, 0.717) is 47.5 Å². The zero-order chi connectivity index (χ0) is 29.5. The summed E-state index contributed by atoms with van der Waals surface area (Å²) in [6.45, 7) is 5.07. The molecule has 0 spiro atoms. The normalized spacial score (nSPS) is 12.2. The Bertz CT molecular complexity index is 1610. The van der Waals surface area contributed by atoms with Gasteiger partial charge in [0.2, 0.25) is 5.91 Å². The molecule has 0 aliphatic rings. The van der Waals surface area contributed by atoms with Gasteiger partial charge in [0.05, 0.1) is 27.6 Å². The minimum Gasteiger partial charge on any atom is -0.328 e. The molecule has 4 aromatic rings. The minimum atomic E-state index is -0.493. The summed E-state index contributed by atoms with van der Waals surface area (Å²) in [4.78, 5) is 46.9. The summed E-state index contributed by atoms with van der Waals surface area (Å²) in [7, 11) is 3.88. The van der Waals surface area contributed by atoms with Gasteiger partial charge in [-0.1, -0.05) is 38.1 Å². The molecule has 1 heterocycles. The van der Waals surface area contributed by atoms with Crippen molar-refractivity contribution in [2.45, 2.75) is 32.7 Å². The molecule has 41 heavy (non-hydrogen) atoms. The number of aromatic nitrogens is 2. The van der Waals surface area contributed by atoms with Crippen molar-refractivity contribution in [1.29, 1.82) is 0 Å². The molecule has 1 amide bonds. The van der Waals surface area contributed by atoms with Crippen LogP contribution in [-0.4, -0.2) is 57.4 Å². The molecule has 0 bridgehead atoms. The molecule has 9 heteroatoms. The van der Waals surface area contributed by atoms with E-state index in [-0.39, 0.29) is 17.2 Å². The van der Waals surface area contributed by atoms with Crippen LogP contribution in [0.15, 0.2) is 83.7 Å². The first-order valence-electron chi connectivity index (χ1n) is 13.7. The highest BCUT2D eigenvalue weighted by atomic mass is 16.6. The van der Waals surface area contributed by atoms with Crippen molar-refractivity contribution in [2.75, 3.05) is 27.2 Å². The Kier molecular flexibility index (Phi) is 9.41. The molecular formula is C32H35N5O4. The Labute approximate surface area is 239 Å². The van der Waals surface area contributed by atoms with Crippen LogP contribution < -0.4 is 5.56 Å². The second kappa shape index (κ2) is 13.1. The van der Waals surface area contributed by atoms with Gasteiger partial charge in [-0.3, -0.25) is 24.3 Å². The lowest BCUT2D eigenvalue weighted by Gasteiger charge is -2.32. The average molecular weight is 554 g/mol. The van der Waals surface area contributed by atoms with E-state index >= 15 is 0 Å². The van der Waals surface area contributed by atoms with Crippen LogP contribution in [0.4, 0.5) is 5.69 Å². The van der Waals surface area contributed by atoms with E-state index in [1.165, 1.54) is 18.2 Å². The van der Waals surface area contributed by atoms with Gasteiger partial charge in [-0.05, 0) is 80.5 Å².